The molecule has 1 aromatic carbocycles. The zero-order valence-corrected chi connectivity index (χ0v) is 10.3. The van der Waals surface area contributed by atoms with Gasteiger partial charge in [-0.1, -0.05) is 37.1 Å². The number of hydrogen-bond acceptors (Lipinski definition) is 1. The van der Waals surface area contributed by atoms with Gasteiger partial charge < -0.3 is 5.73 Å². The van der Waals surface area contributed by atoms with Crippen LogP contribution in [0.3, 0.4) is 0 Å². The average molecular weight is 227 g/mol. The maximum absolute atomic E-state index is 5.77. The van der Waals surface area contributed by atoms with E-state index in [1.807, 2.05) is 12.1 Å². The fourth-order valence-electron chi connectivity index (χ4n) is 3.62. The lowest BCUT2D eigenvalue weighted by Crippen LogP contribution is -2.27. The number of nitrogens with two attached hydrogens (primary N) is 1. The van der Waals surface area contributed by atoms with Crippen LogP contribution >= 0.6 is 0 Å². The predicted molar refractivity (Wildman–Crippen MR) is 72.8 cm³/mol. The van der Waals surface area contributed by atoms with E-state index < -0.39 is 0 Å². The molecular formula is C16H21N. The van der Waals surface area contributed by atoms with E-state index in [1.165, 1.54) is 37.7 Å². The van der Waals surface area contributed by atoms with E-state index in [2.05, 4.69) is 24.3 Å². The molecule has 0 aromatic heterocycles. The van der Waals surface area contributed by atoms with Crippen LogP contribution < -0.4 is 5.73 Å². The third kappa shape index (κ3) is 2.11. The first-order valence-corrected chi connectivity index (χ1v) is 6.87. The van der Waals surface area contributed by atoms with Gasteiger partial charge in [0, 0.05) is 11.6 Å². The second kappa shape index (κ2) is 4.56. The third-order valence-corrected chi connectivity index (χ3v) is 4.53. The Morgan fingerprint density at radius 2 is 1.76 bits per heavy atom. The van der Waals surface area contributed by atoms with Crippen LogP contribution in [0, 0.1) is 11.8 Å². The van der Waals surface area contributed by atoms with Crippen LogP contribution in [0.15, 0.2) is 36.4 Å². The number of benzene rings is 1. The molecule has 90 valence electrons. The van der Waals surface area contributed by atoms with Gasteiger partial charge in [0.25, 0.3) is 0 Å². The van der Waals surface area contributed by atoms with Crippen LogP contribution in [-0.2, 0) is 0 Å². The van der Waals surface area contributed by atoms with Gasteiger partial charge >= 0.3 is 0 Å². The van der Waals surface area contributed by atoms with Gasteiger partial charge in [-0.3, -0.25) is 0 Å². The smallest absolute Gasteiger partial charge is 0.0314 e. The van der Waals surface area contributed by atoms with Gasteiger partial charge in [0.05, 0.1) is 0 Å². The van der Waals surface area contributed by atoms with E-state index in [9.17, 15) is 0 Å². The Morgan fingerprint density at radius 3 is 2.59 bits per heavy atom. The van der Waals surface area contributed by atoms with E-state index in [4.69, 9.17) is 5.73 Å². The van der Waals surface area contributed by atoms with Gasteiger partial charge in [-0.05, 0) is 48.8 Å². The van der Waals surface area contributed by atoms with Crippen LogP contribution in [0.5, 0.6) is 0 Å². The summed E-state index contributed by atoms with van der Waals surface area (Å²) in [5.74, 6) is 2.43. The van der Waals surface area contributed by atoms with Crippen molar-refractivity contribution in [2.24, 2.45) is 11.8 Å². The van der Waals surface area contributed by atoms with Gasteiger partial charge in [0.1, 0.15) is 0 Å². The maximum atomic E-state index is 5.77. The fourth-order valence-corrected chi connectivity index (χ4v) is 3.62. The Morgan fingerprint density at radius 1 is 1.00 bits per heavy atom. The number of anilines is 1. The summed E-state index contributed by atoms with van der Waals surface area (Å²) >= 11 is 0. The maximum Gasteiger partial charge on any atom is 0.0314 e. The minimum atomic E-state index is 0.634. The zero-order valence-electron chi connectivity index (χ0n) is 10.3. The van der Waals surface area contributed by atoms with Crippen molar-refractivity contribution < 1.29 is 0 Å². The highest BCUT2D eigenvalue weighted by molar-refractivity contribution is 5.41. The summed E-state index contributed by atoms with van der Waals surface area (Å²) in [5, 5.41) is 0. The van der Waals surface area contributed by atoms with Gasteiger partial charge in [-0.15, -0.1) is 0 Å². The van der Waals surface area contributed by atoms with Crippen molar-refractivity contribution in [1.29, 1.82) is 0 Å². The molecule has 2 aliphatic carbocycles. The number of nitrogen functional groups attached to an aromatic ring is 1. The van der Waals surface area contributed by atoms with Gasteiger partial charge in [-0.2, -0.15) is 0 Å². The van der Waals surface area contributed by atoms with E-state index >= 15 is 0 Å². The molecule has 0 spiro atoms. The quantitative estimate of drug-likeness (QED) is 0.567. The van der Waals surface area contributed by atoms with Crippen molar-refractivity contribution in [2.75, 3.05) is 5.73 Å². The molecule has 3 rings (SSSR count). The minimum absolute atomic E-state index is 0.634. The first kappa shape index (κ1) is 10.9. The summed E-state index contributed by atoms with van der Waals surface area (Å²) in [6.07, 6.45) is 11.8. The van der Waals surface area contributed by atoms with Crippen molar-refractivity contribution in [3.63, 3.8) is 0 Å². The number of allylic oxidation sites excluding steroid dienone is 2. The van der Waals surface area contributed by atoms with Crippen LogP contribution in [0.2, 0.25) is 0 Å². The summed E-state index contributed by atoms with van der Waals surface area (Å²) in [6.45, 7) is 0. The highest BCUT2D eigenvalue weighted by Gasteiger charge is 2.32. The summed E-state index contributed by atoms with van der Waals surface area (Å²) in [4.78, 5) is 0. The van der Waals surface area contributed by atoms with Crippen LogP contribution in [0.1, 0.15) is 43.6 Å². The van der Waals surface area contributed by atoms with Crippen LogP contribution in [0.25, 0.3) is 0 Å². The molecule has 1 nitrogen and oxygen atoms in total. The Hall–Kier alpha value is -1.24. The second-order valence-corrected chi connectivity index (χ2v) is 5.56. The molecule has 3 atom stereocenters. The standard InChI is InChI=1S/C16H21N/c17-14-10-8-13(9-11-14)16-7-3-5-12-4-1-2-6-15(12)16/h3,7-12,15-16H,1-2,4-6,17H2. The number of rotatable bonds is 1. The SMILES string of the molecule is Nc1ccc(C2C=CCC3CCCCC32)cc1. The van der Waals surface area contributed by atoms with Crippen molar-refractivity contribution >= 4 is 5.69 Å². The molecule has 0 aliphatic heterocycles. The van der Waals surface area contributed by atoms with Gasteiger partial charge in [0.15, 0.2) is 0 Å². The van der Waals surface area contributed by atoms with Crippen molar-refractivity contribution in [2.45, 2.75) is 38.0 Å². The Kier molecular flexibility index (Phi) is 2.92. The van der Waals surface area contributed by atoms with Crippen molar-refractivity contribution in [1.82, 2.24) is 0 Å². The molecule has 2 aliphatic rings. The van der Waals surface area contributed by atoms with Gasteiger partial charge in [-0.25, -0.2) is 0 Å². The van der Waals surface area contributed by atoms with E-state index in [0.717, 1.165) is 17.5 Å². The normalized spacial score (nSPS) is 32.1. The molecule has 17 heavy (non-hydrogen) atoms. The van der Waals surface area contributed by atoms with Crippen LogP contribution in [0.4, 0.5) is 5.69 Å². The van der Waals surface area contributed by atoms with E-state index in [-0.39, 0.29) is 0 Å². The first-order valence-electron chi connectivity index (χ1n) is 6.87. The molecule has 0 bridgehead atoms. The summed E-state index contributed by atoms with van der Waals surface area (Å²) in [7, 11) is 0. The highest BCUT2D eigenvalue weighted by atomic mass is 14.5. The van der Waals surface area contributed by atoms with Crippen molar-refractivity contribution in [3.8, 4) is 0 Å². The zero-order chi connectivity index (χ0) is 11.7. The minimum Gasteiger partial charge on any atom is -0.399 e. The number of fused-ring (bicyclic) bond motifs is 1. The monoisotopic (exact) mass is 227 g/mol. The van der Waals surface area contributed by atoms with Crippen LogP contribution in [-0.4, -0.2) is 0 Å². The molecule has 1 heteroatoms. The molecule has 0 amide bonds. The molecule has 0 radical (unpaired) electrons. The van der Waals surface area contributed by atoms with Crippen molar-refractivity contribution in [3.05, 3.63) is 42.0 Å². The molecule has 0 saturated heterocycles. The second-order valence-electron chi connectivity index (χ2n) is 5.56. The first-order chi connectivity index (χ1) is 8.34. The molecule has 0 heterocycles. The summed E-state index contributed by atoms with van der Waals surface area (Å²) in [5.41, 5.74) is 8.09. The largest absolute Gasteiger partial charge is 0.399 e. The summed E-state index contributed by atoms with van der Waals surface area (Å²) in [6, 6.07) is 8.49. The molecule has 3 unspecified atom stereocenters. The number of hydrogen-bond donors (Lipinski definition) is 1. The third-order valence-electron chi connectivity index (χ3n) is 4.53. The molecular weight excluding hydrogens is 206 g/mol. The topological polar surface area (TPSA) is 26.0 Å². The van der Waals surface area contributed by atoms with E-state index in [0.29, 0.717) is 5.92 Å². The lowest BCUT2D eigenvalue weighted by atomic mass is 9.66. The highest BCUT2D eigenvalue weighted by Crippen LogP contribution is 2.45. The predicted octanol–water partition coefficient (Wildman–Crippen LogP) is 4.12. The van der Waals surface area contributed by atoms with E-state index in [1.54, 1.807) is 0 Å². The molecule has 1 saturated carbocycles. The molecule has 1 fully saturated rings. The average Bonchev–Trinajstić information content (AvgIpc) is 2.39. The lowest BCUT2D eigenvalue weighted by molar-refractivity contribution is 0.210. The Balaban J connectivity index is 1.88. The molecule has 2 N–H and O–H groups in total. The van der Waals surface area contributed by atoms with Gasteiger partial charge in [0.2, 0.25) is 0 Å². The summed E-state index contributed by atoms with van der Waals surface area (Å²) < 4.78 is 0. The fraction of sp³-hybridized carbons (Fsp3) is 0.500. The Bertz CT molecular complexity index is 404. The molecule has 1 aromatic rings. The Labute approximate surface area is 104 Å². The lowest BCUT2D eigenvalue weighted by Gasteiger charge is -2.38.